The molecule has 0 atom stereocenters. The quantitative estimate of drug-likeness (QED) is 0.736. The van der Waals surface area contributed by atoms with Crippen LogP contribution in [-0.2, 0) is 4.74 Å². The van der Waals surface area contributed by atoms with Crippen molar-refractivity contribution in [2.45, 2.75) is 26.4 Å². The van der Waals surface area contributed by atoms with Gasteiger partial charge in [0.25, 0.3) is 0 Å². The number of terminal acetylenes is 1. The first-order valence-electron chi connectivity index (χ1n) is 4.84. The fourth-order valence-electron chi connectivity index (χ4n) is 1.03. The maximum Gasteiger partial charge on any atom is 0.412 e. The Morgan fingerprint density at radius 2 is 2.25 bits per heavy atom. The molecule has 84 valence electrons. The monoisotopic (exact) mass is 218 g/mol. The highest BCUT2D eigenvalue weighted by Crippen LogP contribution is 2.13. The van der Waals surface area contributed by atoms with Crippen molar-refractivity contribution >= 4 is 11.8 Å². The van der Waals surface area contributed by atoms with Gasteiger partial charge in [-0.3, -0.25) is 5.32 Å². The lowest BCUT2D eigenvalue weighted by atomic mass is 10.2. The molecule has 0 saturated carbocycles. The van der Waals surface area contributed by atoms with Gasteiger partial charge in [0.1, 0.15) is 11.3 Å². The van der Waals surface area contributed by atoms with Gasteiger partial charge in [0.05, 0.1) is 5.69 Å². The fourth-order valence-corrected chi connectivity index (χ4v) is 1.03. The van der Waals surface area contributed by atoms with Gasteiger partial charge in [-0.1, -0.05) is 0 Å². The van der Waals surface area contributed by atoms with E-state index in [9.17, 15) is 4.79 Å². The first kappa shape index (κ1) is 12.1. The van der Waals surface area contributed by atoms with E-state index < -0.39 is 11.7 Å². The van der Waals surface area contributed by atoms with Crippen LogP contribution in [0.25, 0.3) is 0 Å². The number of rotatable bonds is 1. The van der Waals surface area contributed by atoms with Gasteiger partial charge in [-0.05, 0) is 38.8 Å². The number of carbonyl (C=O) groups excluding carboxylic acids is 1. The van der Waals surface area contributed by atoms with Crippen molar-refractivity contribution in [3.63, 3.8) is 0 Å². The average Bonchev–Trinajstić information content (AvgIpc) is 2.15. The average molecular weight is 218 g/mol. The smallest absolute Gasteiger partial charge is 0.412 e. The van der Waals surface area contributed by atoms with E-state index in [1.807, 2.05) is 0 Å². The van der Waals surface area contributed by atoms with Crippen molar-refractivity contribution < 1.29 is 9.53 Å². The van der Waals surface area contributed by atoms with Gasteiger partial charge in [-0.15, -0.1) is 6.42 Å². The lowest BCUT2D eigenvalue weighted by Crippen LogP contribution is -2.27. The van der Waals surface area contributed by atoms with Crippen LogP contribution in [0.15, 0.2) is 18.3 Å². The summed E-state index contributed by atoms with van der Waals surface area (Å²) in [6.45, 7) is 5.37. The highest BCUT2D eigenvalue weighted by Gasteiger charge is 2.16. The van der Waals surface area contributed by atoms with Crippen LogP contribution < -0.4 is 5.32 Å². The van der Waals surface area contributed by atoms with Crippen molar-refractivity contribution in [1.82, 2.24) is 4.98 Å². The molecule has 4 nitrogen and oxygen atoms in total. The largest absolute Gasteiger partial charge is 0.444 e. The van der Waals surface area contributed by atoms with E-state index in [1.54, 1.807) is 39.1 Å². The molecule has 1 rings (SSSR count). The van der Waals surface area contributed by atoms with Gasteiger partial charge in [-0.2, -0.15) is 0 Å². The summed E-state index contributed by atoms with van der Waals surface area (Å²) in [6, 6.07) is 3.36. The Balaban J connectivity index is 2.75. The molecule has 0 radical (unpaired) electrons. The van der Waals surface area contributed by atoms with E-state index in [2.05, 4.69) is 16.2 Å². The lowest BCUT2D eigenvalue weighted by Gasteiger charge is -2.19. The first-order valence-corrected chi connectivity index (χ1v) is 4.84. The fraction of sp³-hybridized carbons (Fsp3) is 0.333. The molecule has 0 aliphatic heterocycles. The molecule has 1 aromatic heterocycles. The Labute approximate surface area is 95.0 Å². The molecule has 0 saturated heterocycles. The van der Waals surface area contributed by atoms with Gasteiger partial charge in [-0.25, -0.2) is 9.78 Å². The highest BCUT2D eigenvalue weighted by molar-refractivity contribution is 5.86. The number of amides is 1. The second-order valence-corrected chi connectivity index (χ2v) is 4.17. The number of aromatic nitrogens is 1. The molecule has 0 aromatic carbocycles. The molecule has 1 aromatic rings. The standard InChI is InChI=1S/C12H14N2O2/c1-5-9-10(7-6-8-13-9)14-11(15)16-12(2,3)4/h1,6-8H,2-4H3,(H,14,15). The summed E-state index contributed by atoms with van der Waals surface area (Å²) in [5, 5.41) is 2.55. The van der Waals surface area contributed by atoms with Crippen molar-refractivity contribution in [3.8, 4) is 12.3 Å². The normalized spacial score (nSPS) is 10.4. The minimum absolute atomic E-state index is 0.383. The van der Waals surface area contributed by atoms with E-state index in [0.717, 1.165) is 0 Å². The van der Waals surface area contributed by atoms with Gasteiger partial charge < -0.3 is 4.74 Å². The molecule has 0 unspecified atom stereocenters. The van der Waals surface area contributed by atoms with Crippen molar-refractivity contribution in [1.29, 1.82) is 0 Å². The van der Waals surface area contributed by atoms with Gasteiger partial charge in [0, 0.05) is 6.20 Å². The number of hydrogen-bond donors (Lipinski definition) is 1. The Morgan fingerprint density at radius 3 is 2.81 bits per heavy atom. The second-order valence-electron chi connectivity index (χ2n) is 4.17. The van der Waals surface area contributed by atoms with E-state index in [0.29, 0.717) is 11.4 Å². The molecule has 16 heavy (non-hydrogen) atoms. The van der Waals surface area contributed by atoms with E-state index in [-0.39, 0.29) is 0 Å². The van der Waals surface area contributed by atoms with Crippen LogP contribution in [0.1, 0.15) is 26.5 Å². The molecular weight excluding hydrogens is 204 g/mol. The third-order valence-corrected chi connectivity index (χ3v) is 1.58. The van der Waals surface area contributed by atoms with E-state index in [4.69, 9.17) is 11.2 Å². The lowest BCUT2D eigenvalue weighted by molar-refractivity contribution is 0.0636. The molecule has 4 heteroatoms. The van der Waals surface area contributed by atoms with Crippen LogP contribution >= 0.6 is 0 Å². The number of anilines is 1. The predicted octanol–water partition coefficient (Wildman–Crippen LogP) is 2.41. The van der Waals surface area contributed by atoms with E-state index >= 15 is 0 Å². The second kappa shape index (κ2) is 4.67. The maximum atomic E-state index is 11.5. The minimum Gasteiger partial charge on any atom is -0.444 e. The Bertz CT molecular complexity index is 427. The van der Waals surface area contributed by atoms with Crippen LogP contribution in [0.5, 0.6) is 0 Å². The van der Waals surface area contributed by atoms with Crippen LogP contribution in [0.3, 0.4) is 0 Å². The summed E-state index contributed by atoms with van der Waals surface area (Å²) in [7, 11) is 0. The SMILES string of the molecule is C#Cc1ncccc1NC(=O)OC(C)(C)C. The van der Waals surface area contributed by atoms with Gasteiger partial charge >= 0.3 is 6.09 Å². The van der Waals surface area contributed by atoms with Crippen LogP contribution in [0.2, 0.25) is 0 Å². The molecular formula is C12H14N2O2. The maximum absolute atomic E-state index is 11.5. The zero-order valence-corrected chi connectivity index (χ0v) is 9.57. The molecule has 1 N–H and O–H groups in total. The molecule has 0 fully saturated rings. The zero-order chi connectivity index (χ0) is 12.2. The zero-order valence-electron chi connectivity index (χ0n) is 9.57. The third kappa shape index (κ3) is 3.62. The summed E-state index contributed by atoms with van der Waals surface area (Å²) in [5.41, 5.74) is 0.315. The minimum atomic E-state index is -0.544. The molecule has 0 spiro atoms. The van der Waals surface area contributed by atoms with Crippen molar-refractivity contribution in [2.24, 2.45) is 0 Å². The first-order chi connectivity index (χ1) is 7.42. The molecule has 1 amide bonds. The third-order valence-electron chi connectivity index (χ3n) is 1.58. The summed E-state index contributed by atoms with van der Waals surface area (Å²) < 4.78 is 5.09. The Morgan fingerprint density at radius 1 is 1.56 bits per heavy atom. The number of carbonyl (C=O) groups is 1. The highest BCUT2D eigenvalue weighted by atomic mass is 16.6. The number of ether oxygens (including phenoxy) is 1. The number of nitrogens with one attached hydrogen (secondary N) is 1. The van der Waals surface area contributed by atoms with Gasteiger partial charge in [0.2, 0.25) is 0 Å². The number of pyridine rings is 1. The molecule has 0 bridgehead atoms. The van der Waals surface area contributed by atoms with Crippen LogP contribution in [-0.4, -0.2) is 16.7 Å². The van der Waals surface area contributed by atoms with Crippen molar-refractivity contribution in [2.75, 3.05) is 5.32 Å². The summed E-state index contributed by atoms with van der Waals surface area (Å²) in [6.07, 6.45) is 6.27. The number of hydrogen-bond acceptors (Lipinski definition) is 3. The van der Waals surface area contributed by atoms with E-state index in [1.165, 1.54) is 0 Å². The Kier molecular flexibility index (Phi) is 3.51. The predicted molar refractivity (Wildman–Crippen MR) is 62.0 cm³/mol. The summed E-state index contributed by atoms with van der Waals surface area (Å²) in [5.74, 6) is 2.38. The van der Waals surface area contributed by atoms with Crippen molar-refractivity contribution in [3.05, 3.63) is 24.0 Å². The summed E-state index contributed by atoms with van der Waals surface area (Å²) in [4.78, 5) is 15.4. The molecule has 0 aliphatic rings. The van der Waals surface area contributed by atoms with Gasteiger partial charge in [0.15, 0.2) is 0 Å². The molecule has 1 heterocycles. The molecule has 0 aliphatic carbocycles. The Hall–Kier alpha value is -2.02. The summed E-state index contributed by atoms with van der Waals surface area (Å²) >= 11 is 0. The topological polar surface area (TPSA) is 51.2 Å². The number of nitrogens with zero attached hydrogens (tertiary/aromatic N) is 1. The van der Waals surface area contributed by atoms with Crippen LogP contribution in [0, 0.1) is 12.3 Å². The van der Waals surface area contributed by atoms with Crippen LogP contribution in [0.4, 0.5) is 10.5 Å².